The van der Waals surface area contributed by atoms with Crippen molar-refractivity contribution in [1.82, 2.24) is 5.32 Å². The quantitative estimate of drug-likeness (QED) is 0.356. The third kappa shape index (κ3) is 4.30. The van der Waals surface area contributed by atoms with E-state index in [2.05, 4.69) is 88.3 Å². The first-order valence-electron chi connectivity index (χ1n) is 12.3. The van der Waals surface area contributed by atoms with Crippen LogP contribution in [0.5, 0.6) is 0 Å². The minimum Gasteiger partial charge on any atom is -0.472 e. The lowest BCUT2D eigenvalue weighted by molar-refractivity contribution is 0.251. The number of benzene rings is 3. The standard InChI is InChI=1S/C30H29N3O2/c34-30(31-19-21-13-16-35-20-21)32-24-17-27-25(22-7-3-1-4-8-22)11-14-33-15-12-26(28(18-24)29(27)33)23-9-5-2-6-10-23/h1-10,13,16-18,20,25-26H,11-12,14-15,19H2,(H2,31,32,34). The van der Waals surface area contributed by atoms with Gasteiger partial charge in [0, 0.05) is 48.4 Å². The van der Waals surface area contributed by atoms with Crippen molar-refractivity contribution < 1.29 is 9.21 Å². The summed E-state index contributed by atoms with van der Waals surface area (Å²) in [4.78, 5) is 15.3. The molecule has 3 aromatic carbocycles. The molecule has 0 saturated heterocycles. The molecule has 2 N–H and O–H groups in total. The number of carbonyl (C=O) groups excluding carboxylic acids is 1. The molecule has 2 atom stereocenters. The molecule has 0 fully saturated rings. The highest BCUT2D eigenvalue weighted by molar-refractivity contribution is 5.90. The zero-order valence-corrected chi connectivity index (χ0v) is 19.6. The van der Waals surface area contributed by atoms with E-state index in [-0.39, 0.29) is 6.03 Å². The third-order valence-electron chi connectivity index (χ3n) is 7.31. The second-order valence-corrected chi connectivity index (χ2v) is 9.43. The van der Waals surface area contributed by atoms with Crippen LogP contribution in [0.4, 0.5) is 16.2 Å². The Kier molecular flexibility index (Phi) is 5.75. The molecule has 0 bridgehead atoms. The summed E-state index contributed by atoms with van der Waals surface area (Å²) >= 11 is 0. The average molecular weight is 464 g/mol. The summed E-state index contributed by atoms with van der Waals surface area (Å²) in [6, 6.07) is 27.5. The van der Waals surface area contributed by atoms with E-state index in [1.54, 1.807) is 12.5 Å². The molecule has 0 aliphatic carbocycles. The van der Waals surface area contributed by atoms with Gasteiger partial charge in [-0.2, -0.15) is 0 Å². The van der Waals surface area contributed by atoms with Crippen molar-refractivity contribution in [2.45, 2.75) is 31.2 Å². The lowest BCUT2D eigenvalue weighted by Gasteiger charge is -2.43. The number of carbonyl (C=O) groups is 1. The number of anilines is 2. The Morgan fingerprint density at radius 2 is 1.46 bits per heavy atom. The van der Waals surface area contributed by atoms with E-state index in [0.29, 0.717) is 18.4 Å². The summed E-state index contributed by atoms with van der Waals surface area (Å²) < 4.78 is 5.11. The van der Waals surface area contributed by atoms with Gasteiger partial charge in [-0.05, 0) is 53.3 Å². The van der Waals surface area contributed by atoms with Gasteiger partial charge in [0.25, 0.3) is 0 Å². The molecule has 5 nitrogen and oxygen atoms in total. The Bertz CT molecular complexity index is 1230. The van der Waals surface area contributed by atoms with Gasteiger partial charge >= 0.3 is 6.03 Å². The van der Waals surface area contributed by atoms with Crippen molar-refractivity contribution in [3.05, 3.63) is 119 Å². The Labute approximate surface area is 205 Å². The second-order valence-electron chi connectivity index (χ2n) is 9.43. The largest absolute Gasteiger partial charge is 0.472 e. The van der Waals surface area contributed by atoms with Crippen molar-refractivity contribution in [3.63, 3.8) is 0 Å². The highest BCUT2D eigenvalue weighted by atomic mass is 16.3. The lowest BCUT2D eigenvalue weighted by Crippen LogP contribution is -2.38. The fourth-order valence-electron chi connectivity index (χ4n) is 5.68. The zero-order chi connectivity index (χ0) is 23.6. The van der Waals surface area contributed by atoms with Gasteiger partial charge in [0.05, 0.1) is 12.5 Å². The van der Waals surface area contributed by atoms with Gasteiger partial charge in [0.2, 0.25) is 0 Å². The molecule has 35 heavy (non-hydrogen) atoms. The Hall–Kier alpha value is -3.99. The topological polar surface area (TPSA) is 57.5 Å². The number of hydrogen-bond acceptors (Lipinski definition) is 3. The first-order chi connectivity index (χ1) is 17.3. The summed E-state index contributed by atoms with van der Waals surface area (Å²) in [6.45, 7) is 2.53. The normalized spacial score (nSPS) is 18.6. The van der Waals surface area contributed by atoms with Crippen LogP contribution in [0, 0.1) is 0 Å². The zero-order valence-electron chi connectivity index (χ0n) is 19.6. The SMILES string of the molecule is O=C(NCc1ccoc1)Nc1cc2c3c(c1)C(c1ccccc1)CCN3CCC2c1ccccc1. The summed E-state index contributed by atoms with van der Waals surface area (Å²) in [5, 5.41) is 6.05. The number of urea groups is 1. The summed E-state index contributed by atoms with van der Waals surface area (Å²) in [7, 11) is 0. The average Bonchev–Trinajstić information content (AvgIpc) is 3.43. The summed E-state index contributed by atoms with van der Waals surface area (Å²) in [5.41, 5.74) is 8.42. The molecule has 2 amide bonds. The maximum absolute atomic E-state index is 12.8. The molecule has 2 aliphatic rings. The maximum atomic E-state index is 12.8. The predicted molar refractivity (Wildman–Crippen MR) is 139 cm³/mol. The van der Waals surface area contributed by atoms with Crippen LogP contribution in [-0.4, -0.2) is 19.1 Å². The molecule has 1 aromatic heterocycles. The van der Waals surface area contributed by atoms with E-state index >= 15 is 0 Å². The first-order valence-corrected chi connectivity index (χ1v) is 12.3. The van der Waals surface area contributed by atoms with E-state index in [1.165, 1.54) is 27.9 Å². The Balaban J connectivity index is 1.39. The Morgan fingerprint density at radius 1 is 0.857 bits per heavy atom. The van der Waals surface area contributed by atoms with Gasteiger partial charge in [-0.15, -0.1) is 0 Å². The molecule has 0 radical (unpaired) electrons. The van der Waals surface area contributed by atoms with Crippen LogP contribution in [0.3, 0.4) is 0 Å². The number of furan rings is 1. The van der Waals surface area contributed by atoms with Crippen molar-refractivity contribution in [2.24, 2.45) is 0 Å². The van der Waals surface area contributed by atoms with Gasteiger partial charge in [0.1, 0.15) is 0 Å². The van der Waals surface area contributed by atoms with E-state index in [4.69, 9.17) is 4.42 Å². The van der Waals surface area contributed by atoms with E-state index < -0.39 is 0 Å². The third-order valence-corrected chi connectivity index (χ3v) is 7.31. The van der Waals surface area contributed by atoms with Crippen LogP contribution in [0.15, 0.2) is 95.8 Å². The molecule has 6 rings (SSSR count). The van der Waals surface area contributed by atoms with Crippen LogP contribution >= 0.6 is 0 Å². The van der Waals surface area contributed by atoms with Crippen LogP contribution in [0.25, 0.3) is 0 Å². The molecule has 3 heterocycles. The molecule has 4 aromatic rings. The first kappa shape index (κ1) is 21.5. The highest BCUT2D eigenvalue weighted by Crippen LogP contribution is 2.49. The lowest BCUT2D eigenvalue weighted by atomic mass is 9.76. The molecule has 2 aliphatic heterocycles. The van der Waals surface area contributed by atoms with Crippen LogP contribution < -0.4 is 15.5 Å². The number of nitrogens with one attached hydrogen (secondary N) is 2. The summed E-state index contributed by atoms with van der Waals surface area (Å²) in [5.74, 6) is 0.623. The molecular weight excluding hydrogens is 434 g/mol. The van der Waals surface area contributed by atoms with E-state index in [9.17, 15) is 4.79 Å². The fourth-order valence-corrected chi connectivity index (χ4v) is 5.68. The van der Waals surface area contributed by atoms with E-state index in [0.717, 1.165) is 37.2 Å². The monoisotopic (exact) mass is 463 g/mol. The van der Waals surface area contributed by atoms with Crippen LogP contribution in [0.1, 0.15) is 52.5 Å². The number of hydrogen-bond donors (Lipinski definition) is 2. The molecule has 5 heteroatoms. The fraction of sp³-hybridized carbons (Fsp3) is 0.233. The highest BCUT2D eigenvalue weighted by Gasteiger charge is 2.35. The van der Waals surface area contributed by atoms with Gasteiger partial charge < -0.3 is 20.0 Å². The van der Waals surface area contributed by atoms with Crippen LogP contribution in [-0.2, 0) is 6.54 Å². The van der Waals surface area contributed by atoms with Gasteiger partial charge in [0.15, 0.2) is 0 Å². The van der Waals surface area contributed by atoms with Crippen molar-refractivity contribution >= 4 is 17.4 Å². The smallest absolute Gasteiger partial charge is 0.319 e. The van der Waals surface area contributed by atoms with Gasteiger partial charge in [-0.25, -0.2) is 4.79 Å². The van der Waals surface area contributed by atoms with Crippen molar-refractivity contribution in [2.75, 3.05) is 23.3 Å². The van der Waals surface area contributed by atoms with Crippen LogP contribution in [0.2, 0.25) is 0 Å². The van der Waals surface area contributed by atoms with E-state index in [1.807, 2.05) is 6.07 Å². The second kappa shape index (κ2) is 9.34. The molecule has 2 unspecified atom stereocenters. The van der Waals surface area contributed by atoms with Crippen molar-refractivity contribution in [3.8, 4) is 0 Å². The predicted octanol–water partition coefficient (Wildman–Crippen LogP) is 6.48. The maximum Gasteiger partial charge on any atom is 0.319 e. The number of rotatable bonds is 5. The van der Waals surface area contributed by atoms with Gasteiger partial charge in [-0.3, -0.25) is 0 Å². The minimum absolute atomic E-state index is 0.214. The minimum atomic E-state index is -0.214. The molecule has 176 valence electrons. The molecule has 0 spiro atoms. The number of amides is 2. The Morgan fingerprint density at radius 3 is 2.00 bits per heavy atom. The molecular formula is C30H29N3O2. The number of nitrogens with zero attached hydrogens (tertiary/aromatic N) is 1. The van der Waals surface area contributed by atoms with Crippen molar-refractivity contribution in [1.29, 1.82) is 0 Å². The van der Waals surface area contributed by atoms with Gasteiger partial charge in [-0.1, -0.05) is 60.7 Å². The molecule has 0 saturated carbocycles. The summed E-state index contributed by atoms with van der Waals surface area (Å²) in [6.07, 6.45) is 5.40.